The number of rotatable bonds is 0. The second-order valence-corrected chi connectivity index (χ2v) is 3.53. The summed E-state index contributed by atoms with van der Waals surface area (Å²) in [6, 6.07) is 0.538. The number of halogens is 1. The van der Waals surface area contributed by atoms with E-state index in [-0.39, 0.29) is 0 Å². The molecule has 0 bridgehead atoms. The van der Waals surface area contributed by atoms with Gasteiger partial charge in [-0.05, 0) is 6.42 Å². The van der Waals surface area contributed by atoms with Gasteiger partial charge >= 0.3 is 0 Å². The lowest BCUT2D eigenvalue weighted by atomic mass is 10.1. The molecule has 58 valence electrons. The minimum absolute atomic E-state index is 0.300. The molecule has 10 heavy (non-hydrogen) atoms. The highest BCUT2D eigenvalue weighted by molar-refractivity contribution is 6.20. The maximum atomic E-state index is 5.95. The Bertz CT molecular complexity index is 130. The van der Waals surface area contributed by atoms with Crippen LogP contribution in [0.2, 0.25) is 0 Å². The van der Waals surface area contributed by atoms with Crippen LogP contribution in [0.15, 0.2) is 0 Å². The quantitative estimate of drug-likeness (QED) is 0.417. The normalized spacial score (nSPS) is 47.1. The third-order valence-corrected chi connectivity index (χ3v) is 2.49. The van der Waals surface area contributed by atoms with E-state index in [1.807, 2.05) is 0 Å². The molecular formula is C6H12ClN3. The minimum Gasteiger partial charge on any atom is -0.299 e. The predicted molar refractivity (Wildman–Crippen MR) is 41.0 cm³/mol. The smallest absolute Gasteiger partial charge is 0.0741 e. The van der Waals surface area contributed by atoms with Crippen LogP contribution < -0.4 is 16.0 Å². The minimum atomic E-state index is 0.300. The summed E-state index contributed by atoms with van der Waals surface area (Å²) in [6.45, 7) is 1.84. The second-order valence-electron chi connectivity index (χ2n) is 2.91. The Labute approximate surface area is 65.5 Å². The average molecular weight is 162 g/mol. The summed E-state index contributed by atoms with van der Waals surface area (Å²) in [4.78, 5) is 0. The molecule has 2 aliphatic rings. The number of alkyl halides is 1. The summed E-state index contributed by atoms with van der Waals surface area (Å²) in [6.07, 6.45) is 1.53. The lowest BCUT2D eigenvalue weighted by Gasteiger charge is -2.28. The van der Waals surface area contributed by atoms with Gasteiger partial charge in [-0.1, -0.05) is 0 Å². The van der Waals surface area contributed by atoms with Crippen molar-refractivity contribution in [2.45, 2.75) is 24.0 Å². The Morgan fingerprint density at radius 1 is 1.20 bits per heavy atom. The fourth-order valence-corrected chi connectivity index (χ4v) is 1.89. The van der Waals surface area contributed by atoms with Gasteiger partial charge in [-0.3, -0.25) is 16.0 Å². The fraction of sp³-hybridized carbons (Fsp3) is 1.00. The van der Waals surface area contributed by atoms with Gasteiger partial charge in [-0.15, -0.1) is 11.6 Å². The summed E-state index contributed by atoms with van der Waals surface area (Å²) in [5.41, 5.74) is 0. The molecule has 0 spiro atoms. The second kappa shape index (κ2) is 2.66. The van der Waals surface area contributed by atoms with Crippen LogP contribution in [0.3, 0.4) is 0 Å². The van der Waals surface area contributed by atoms with E-state index >= 15 is 0 Å². The van der Waals surface area contributed by atoms with E-state index in [1.54, 1.807) is 0 Å². The molecule has 0 aromatic carbocycles. The largest absolute Gasteiger partial charge is 0.299 e. The van der Waals surface area contributed by atoms with Gasteiger partial charge in [0.2, 0.25) is 0 Å². The van der Waals surface area contributed by atoms with Crippen molar-refractivity contribution in [1.82, 2.24) is 16.0 Å². The van der Waals surface area contributed by atoms with E-state index < -0.39 is 0 Å². The van der Waals surface area contributed by atoms with Crippen LogP contribution in [0.4, 0.5) is 0 Å². The molecule has 0 aliphatic carbocycles. The number of hydrogen-bond donors (Lipinski definition) is 3. The Hall–Kier alpha value is 0.170. The van der Waals surface area contributed by atoms with Gasteiger partial charge in [0.15, 0.2) is 0 Å². The third kappa shape index (κ3) is 1.14. The Kier molecular flexibility index (Phi) is 1.82. The monoisotopic (exact) mass is 161 g/mol. The Balaban J connectivity index is 1.96. The van der Waals surface area contributed by atoms with Crippen molar-refractivity contribution in [3.05, 3.63) is 0 Å². The van der Waals surface area contributed by atoms with Crippen LogP contribution in [0.5, 0.6) is 0 Å². The van der Waals surface area contributed by atoms with Crippen LogP contribution >= 0.6 is 11.6 Å². The van der Waals surface area contributed by atoms with Crippen molar-refractivity contribution < 1.29 is 0 Å². The van der Waals surface area contributed by atoms with Gasteiger partial charge < -0.3 is 0 Å². The molecular weight excluding hydrogens is 150 g/mol. The van der Waals surface area contributed by atoms with E-state index in [0.29, 0.717) is 17.6 Å². The number of nitrogens with one attached hydrogen (secondary N) is 3. The zero-order valence-corrected chi connectivity index (χ0v) is 6.49. The molecule has 3 atom stereocenters. The SMILES string of the molecule is ClC1CNC2NCNC2C1. The first-order valence-electron chi connectivity index (χ1n) is 3.70. The highest BCUT2D eigenvalue weighted by atomic mass is 35.5. The molecule has 2 heterocycles. The summed E-state index contributed by atoms with van der Waals surface area (Å²) in [7, 11) is 0. The molecule has 0 radical (unpaired) electrons. The van der Waals surface area contributed by atoms with Gasteiger partial charge in [-0.25, -0.2) is 0 Å². The van der Waals surface area contributed by atoms with Crippen LogP contribution in [0.1, 0.15) is 6.42 Å². The lowest BCUT2D eigenvalue weighted by molar-refractivity contribution is 0.351. The molecule has 2 saturated heterocycles. The van der Waals surface area contributed by atoms with E-state index in [9.17, 15) is 0 Å². The molecule has 2 rings (SSSR count). The summed E-state index contributed by atoms with van der Waals surface area (Å²) < 4.78 is 0. The van der Waals surface area contributed by atoms with Gasteiger partial charge in [0.05, 0.1) is 6.17 Å². The van der Waals surface area contributed by atoms with Crippen LogP contribution in [-0.4, -0.2) is 30.8 Å². The predicted octanol–water partition coefficient (Wildman–Crippen LogP) is -0.568. The first-order valence-corrected chi connectivity index (χ1v) is 4.14. The molecule has 0 amide bonds. The number of fused-ring (bicyclic) bond motifs is 1. The van der Waals surface area contributed by atoms with Crippen molar-refractivity contribution in [2.75, 3.05) is 13.2 Å². The fourth-order valence-electron chi connectivity index (χ4n) is 1.61. The van der Waals surface area contributed by atoms with Gasteiger partial charge in [-0.2, -0.15) is 0 Å². The maximum absolute atomic E-state index is 5.95. The van der Waals surface area contributed by atoms with Crippen molar-refractivity contribution >= 4 is 11.6 Å². The third-order valence-electron chi connectivity index (χ3n) is 2.16. The van der Waals surface area contributed by atoms with Crippen LogP contribution in [0, 0.1) is 0 Å². The van der Waals surface area contributed by atoms with Crippen LogP contribution in [-0.2, 0) is 0 Å². The number of piperidine rings is 1. The maximum Gasteiger partial charge on any atom is 0.0741 e. The van der Waals surface area contributed by atoms with Crippen LogP contribution in [0.25, 0.3) is 0 Å². The Morgan fingerprint density at radius 2 is 2.10 bits per heavy atom. The van der Waals surface area contributed by atoms with E-state index in [2.05, 4.69) is 16.0 Å². The van der Waals surface area contributed by atoms with Gasteiger partial charge in [0.25, 0.3) is 0 Å². The molecule has 4 heteroatoms. The van der Waals surface area contributed by atoms with Gasteiger partial charge in [0, 0.05) is 24.6 Å². The summed E-state index contributed by atoms with van der Waals surface area (Å²) >= 11 is 5.95. The molecule has 0 aromatic heterocycles. The number of hydrogen-bond acceptors (Lipinski definition) is 3. The molecule has 2 aliphatic heterocycles. The van der Waals surface area contributed by atoms with Crippen molar-refractivity contribution in [1.29, 1.82) is 0 Å². The standard InChI is InChI=1S/C6H12ClN3/c7-4-1-5-6(8-2-4)10-3-9-5/h4-6,8-10H,1-3H2. The summed E-state index contributed by atoms with van der Waals surface area (Å²) in [5, 5.41) is 10.3. The first kappa shape index (κ1) is 6.85. The zero-order valence-electron chi connectivity index (χ0n) is 5.73. The molecule has 3 unspecified atom stereocenters. The van der Waals surface area contributed by atoms with Crippen molar-refractivity contribution in [3.8, 4) is 0 Å². The highest BCUT2D eigenvalue weighted by Gasteiger charge is 2.31. The lowest BCUT2D eigenvalue weighted by Crippen LogP contribution is -2.53. The molecule has 0 aromatic rings. The summed E-state index contributed by atoms with van der Waals surface area (Å²) in [5.74, 6) is 0. The molecule has 0 saturated carbocycles. The Morgan fingerprint density at radius 3 is 3.00 bits per heavy atom. The van der Waals surface area contributed by atoms with Crippen molar-refractivity contribution in [3.63, 3.8) is 0 Å². The van der Waals surface area contributed by atoms with E-state index in [0.717, 1.165) is 19.6 Å². The molecule has 3 nitrogen and oxygen atoms in total. The first-order chi connectivity index (χ1) is 4.86. The highest BCUT2D eigenvalue weighted by Crippen LogP contribution is 2.14. The van der Waals surface area contributed by atoms with Gasteiger partial charge in [0.1, 0.15) is 0 Å². The van der Waals surface area contributed by atoms with E-state index in [4.69, 9.17) is 11.6 Å². The zero-order chi connectivity index (χ0) is 6.97. The van der Waals surface area contributed by atoms with E-state index in [1.165, 1.54) is 0 Å². The average Bonchev–Trinajstić information content (AvgIpc) is 2.33. The molecule has 3 N–H and O–H groups in total. The van der Waals surface area contributed by atoms with Crippen molar-refractivity contribution in [2.24, 2.45) is 0 Å². The molecule has 2 fully saturated rings. The topological polar surface area (TPSA) is 36.1 Å².